The maximum absolute atomic E-state index is 14.2. The first kappa shape index (κ1) is 37.2. The molecule has 0 aliphatic carbocycles. The minimum atomic E-state index is -5.89. The molecule has 264 valence electrons. The number of piperidine rings is 1. The Bertz CT molecular complexity index is 1930. The number of hydrogen-bond acceptors (Lipinski definition) is 8. The number of hydrogen-bond donors (Lipinski definition) is 0. The number of halogens is 4. The van der Waals surface area contributed by atoms with Crippen LogP contribution in [0, 0.1) is 0 Å². The Balaban J connectivity index is 1.49. The van der Waals surface area contributed by atoms with Gasteiger partial charge in [-0.25, -0.2) is 0 Å². The number of carbonyl (C=O) groups excluding carboxylic acids is 1. The van der Waals surface area contributed by atoms with Crippen LogP contribution >= 0.6 is 22.9 Å². The average Bonchev–Trinajstić information content (AvgIpc) is 3.40. The molecule has 0 unspecified atom stereocenters. The fourth-order valence-electron chi connectivity index (χ4n) is 5.21. The fraction of sp³-hybridized carbons (Fsp3) is 0.400. The Morgan fingerprint density at radius 2 is 1.59 bits per heavy atom. The highest BCUT2D eigenvalue weighted by Crippen LogP contribution is 2.45. The molecule has 1 saturated heterocycles. The van der Waals surface area contributed by atoms with E-state index in [0.717, 1.165) is 37.0 Å². The van der Waals surface area contributed by atoms with Crippen molar-refractivity contribution in [1.82, 2.24) is 4.90 Å². The molecule has 0 radical (unpaired) electrons. The third-order valence-electron chi connectivity index (χ3n) is 8.98. The molecule has 4 aromatic rings. The summed E-state index contributed by atoms with van der Waals surface area (Å²) in [4.78, 5) is 17.0. The lowest BCUT2D eigenvalue weighted by molar-refractivity contribution is -0.0500. The van der Waals surface area contributed by atoms with E-state index in [4.69, 9.17) is 20.8 Å². The number of alkyl halides is 3. The number of rotatable bonds is 11. The lowest BCUT2D eigenvalue weighted by Crippen LogP contribution is -2.43. The number of carbonyl (C=O) groups is 1. The van der Waals surface area contributed by atoms with Crippen LogP contribution < -0.4 is 13.3 Å². The second-order valence-corrected chi connectivity index (χ2v) is 21.3. The second kappa shape index (κ2) is 14.3. The summed E-state index contributed by atoms with van der Waals surface area (Å²) in [6.45, 7) is 14.0. The van der Waals surface area contributed by atoms with Gasteiger partial charge in [0, 0.05) is 32.6 Å². The van der Waals surface area contributed by atoms with Gasteiger partial charge >= 0.3 is 15.6 Å². The molecule has 0 spiro atoms. The van der Waals surface area contributed by atoms with Crippen molar-refractivity contribution in [2.45, 2.75) is 63.7 Å². The minimum Gasteiger partial charge on any atom is -0.543 e. The van der Waals surface area contributed by atoms with E-state index >= 15 is 0 Å². The van der Waals surface area contributed by atoms with Crippen molar-refractivity contribution in [2.75, 3.05) is 26.2 Å². The van der Waals surface area contributed by atoms with E-state index in [-0.39, 0.29) is 16.4 Å². The van der Waals surface area contributed by atoms with Gasteiger partial charge in [-0.05, 0) is 110 Å². The summed E-state index contributed by atoms with van der Waals surface area (Å²) in [5, 5.41) is 0.679. The molecule has 2 heterocycles. The zero-order valence-electron chi connectivity index (χ0n) is 27.9. The van der Waals surface area contributed by atoms with Crippen LogP contribution in [0.4, 0.5) is 13.2 Å². The number of benzene rings is 3. The maximum atomic E-state index is 14.2. The Kier molecular flexibility index (Phi) is 10.8. The highest BCUT2D eigenvalue weighted by Gasteiger charge is 2.48. The van der Waals surface area contributed by atoms with E-state index in [1.54, 1.807) is 42.5 Å². The molecule has 1 aromatic heterocycles. The van der Waals surface area contributed by atoms with Gasteiger partial charge in [0.15, 0.2) is 5.78 Å². The van der Waals surface area contributed by atoms with Crippen molar-refractivity contribution < 1.29 is 39.7 Å². The largest absolute Gasteiger partial charge is 0.543 e. The van der Waals surface area contributed by atoms with E-state index in [2.05, 4.69) is 42.9 Å². The molecule has 0 saturated carbocycles. The lowest BCUT2D eigenvalue weighted by atomic mass is 9.97. The molecule has 14 heteroatoms. The minimum absolute atomic E-state index is 0.0761. The highest BCUT2D eigenvalue weighted by atomic mass is 35.5. The van der Waals surface area contributed by atoms with Crippen molar-refractivity contribution in [2.24, 2.45) is 0 Å². The summed E-state index contributed by atoms with van der Waals surface area (Å²) in [5.74, 6) is 0.268. The molecule has 1 aliphatic rings. The molecule has 49 heavy (non-hydrogen) atoms. The van der Waals surface area contributed by atoms with Crippen molar-refractivity contribution in [3.05, 3.63) is 76.8 Å². The topological polar surface area (TPSA) is 82.1 Å². The fourth-order valence-corrected chi connectivity index (χ4v) is 8.20. The number of likely N-dealkylation sites (tertiary alicyclic amines) is 1. The van der Waals surface area contributed by atoms with E-state index < -0.39 is 29.7 Å². The second-order valence-electron chi connectivity index (χ2n) is 13.6. The van der Waals surface area contributed by atoms with E-state index in [1.807, 2.05) is 0 Å². The van der Waals surface area contributed by atoms with Crippen molar-refractivity contribution in [3.63, 3.8) is 0 Å². The number of ketones is 1. The normalized spacial score (nSPS) is 15.0. The SMILES string of the molecule is CC(C)(C)[Si](C)(C)Oc1ccc(-c2sc3cc(OS(=O)(=O)C(F)(F)F)ccc3c2C(=O)c2ccc(OCCN3CCCCC3)cc2)cc1Cl. The van der Waals surface area contributed by atoms with E-state index in [1.165, 1.54) is 31.4 Å². The predicted molar refractivity (Wildman–Crippen MR) is 191 cm³/mol. The van der Waals surface area contributed by atoms with Gasteiger partial charge in [0.05, 0.1) is 5.02 Å². The number of thiophene rings is 1. The van der Waals surface area contributed by atoms with Gasteiger partial charge in [0.1, 0.15) is 23.9 Å². The zero-order valence-corrected chi connectivity index (χ0v) is 31.3. The molecular formula is C35H39ClF3NO6S2Si. The Morgan fingerprint density at radius 3 is 2.20 bits per heavy atom. The molecule has 1 aliphatic heterocycles. The zero-order chi connectivity index (χ0) is 35.8. The van der Waals surface area contributed by atoms with Gasteiger partial charge in [-0.1, -0.05) is 38.8 Å². The van der Waals surface area contributed by atoms with E-state index in [9.17, 15) is 26.4 Å². The summed E-state index contributed by atoms with van der Waals surface area (Å²) in [6, 6.07) is 15.7. The molecule has 0 bridgehead atoms. The van der Waals surface area contributed by atoms with Crippen LogP contribution in [0.5, 0.6) is 17.2 Å². The quantitative estimate of drug-likeness (QED) is 0.0653. The lowest BCUT2D eigenvalue weighted by Gasteiger charge is -2.36. The van der Waals surface area contributed by atoms with Gasteiger partial charge in [0.25, 0.3) is 8.32 Å². The monoisotopic (exact) mass is 753 g/mol. The molecule has 7 nitrogen and oxygen atoms in total. The highest BCUT2D eigenvalue weighted by molar-refractivity contribution is 7.88. The molecule has 0 N–H and O–H groups in total. The molecular weight excluding hydrogens is 715 g/mol. The summed E-state index contributed by atoms with van der Waals surface area (Å²) in [5.41, 5.74) is -4.36. The first-order chi connectivity index (χ1) is 22.9. The van der Waals surface area contributed by atoms with Crippen LogP contribution in [0.15, 0.2) is 60.7 Å². The van der Waals surface area contributed by atoms with Gasteiger partial charge in [-0.2, -0.15) is 21.6 Å². The number of nitrogens with zero attached hydrogens (tertiary/aromatic N) is 1. The van der Waals surface area contributed by atoms with Gasteiger partial charge < -0.3 is 13.3 Å². The van der Waals surface area contributed by atoms with E-state index in [0.29, 0.717) is 49.2 Å². The van der Waals surface area contributed by atoms with Crippen molar-refractivity contribution in [3.8, 4) is 27.7 Å². The van der Waals surface area contributed by atoms with Crippen LogP contribution in [0.25, 0.3) is 20.5 Å². The van der Waals surface area contributed by atoms with Gasteiger partial charge in [0.2, 0.25) is 0 Å². The van der Waals surface area contributed by atoms with Crippen LogP contribution in [0.2, 0.25) is 23.2 Å². The van der Waals surface area contributed by atoms with Crippen LogP contribution in [0.1, 0.15) is 56.0 Å². The average molecular weight is 754 g/mol. The van der Waals surface area contributed by atoms with Crippen molar-refractivity contribution in [1.29, 1.82) is 0 Å². The number of ether oxygens (including phenoxy) is 1. The summed E-state index contributed by atoms with van der Waals surface area (Å²) in [6.07, 6.45) is 3.64. The summed E-state index contributed by atoms with van der Waals surface area (Å²) in [7, 11) is -8.12. The smallest absolute Gasteiger partial charge is 0.534 e. The molecule has 3 aromatic carbocycles. The predicted octanol–water partition coefficient (Wildman–Crippen LogP) is 9.93. The van der Waals surface area contributed by atoms with Crippen molar-refractivity contribution >= 4 is 57.2 Å². The molecule has 0 amide bonds. The maximum Gasteiger partial charge on any atom is 0.534 e. The van der Waals surface area contributed by atoms with Crippen LogP contribution in [-0.2, 0) is 10.1 Å². The Morgan fingerprint density at radius 1 is 0.939 bits per heavy atom. The first-order valence-electron chi connectivity index (χ1n) is 15.9. The standard InChI is InChI=1S/C35H39ClF3NO6S2Si/c1-34(2,3)49(4,5)46-29-16-11-24(21-28(29)36)33-31(27-15-14-26(22-30(27)47-33)45-48(42,43)35(37,38)39)32(41)23-9-12-25(13-10-23)44-20-19-40-17-7-6-8-18-40/h9-16,21-22H,6-8,17-20H2,1-5H3. The third kappa shape index (κ3) is 8.45. The molecule has 1 fully saturated rings. The molecule has 5 rings (SSSR count). The summed E-state index contributed by atoms with van der Waals surface area (Å²) >= 11 is 7.85. The third-order valence-corrected chi connectivity index (χ3v) is 15.8. The summed E-state index contributed by atoms with van der Waals surface area (Å²) < 4.78 is 79.7. The number of fused-ring (bicyclic) bond motifs is 1. The van der Waals surface area contributed by atoms with Gasteiger partial charge in [-0.3, -0.25) is 9.69 Å². The van der Waals surface area contributed by atoms with Crippen LogP contribution in [0.3, 0.4) is 0 Å². The van der Waals surface area contributed by atoms with Crippen LogP contribution in [-0.4, -0.2) is 59.2 Å². The Labute approximate surface area is 295 Å². The first-order valence-corrected chi connectivity index (χ1v) is 21.4. The Hall–Kier alpha value is -3.10. The van der Waals surface area contributed by atoms with Gasteiger partial charge in [-0.15, -0.1) is 11.3 Å². The molecule has 0 atom stereocenters.